The van der Waals surface area contributed by atoms with Crippen molar-refractivity contribution in [2.24, 2.45) is 11.8 Å². The van der Waals surface area contributed by atoms with E-state index < -0.39 is 0 Å². The fraction of sp³-hybridized carbons (Fsp3) is 0.875. The maximum Gasteiger partial charge on any atom is 0.0964 e. The van der Waals surface area contributed by atoms with Gasteiger partial charge in [-0.05, 0) is 31.2 Å². The van der Waals surface area contributed by atoms with E-state index >= 15 is 0 Å². The fourth-order valence-electron chi connectivity index (χ4n) is 2.85. The number of hydrogen-bond acceptors (Lipinski definition) is 4. The van der Waals surface area contributed by atoms with Gasteiger partial charge in [-0.2, -0.15) is 0 Å². The van der Waals surface area contributed by atoms with Gasteiger partial charge in [0, 0.05) is 12.7 Å². The van der Waals surface area contributed by atoms with E-state index in [-0.39, 0.29) is 0 Å². The van der Waals surface area contributed by atoms with E-state index in [1.165, 1.54) is 25.7 Å². The quantitative estimate of drug-likeness (QED) is 0.801. The highest BCUT2D eigenvalue weighted by molar-refractivity contribution is 4.91. The van der Waals surface area contributed by atoms with Crippen molar-refractivity contribution in [1.29, 1.82) is 0 Å². The summed E-state index contributed by atoms with van der Waals surface area (Å²) in [5.41, 5.74) is 1.00. The van der Waals surface area contributed by atoms with E-state index in [1.54, 1.807) is 0 Å². The summed E-state index contributed by atoms with van der Waals surface area (Å²) in [5, 5.41) is 11.7. The van der Waals surface area contributed by atoms with Crippen molar-refractivity contribution < 1.29 is 4.74 Å². The molecule has 5 heteroatoms. The van der Waals surface area contributed by atoms with Crippen molar-refractivity contribution in [3.05, 3.63) is 11.9 Å². The molecule has 0 spiro atoms. The fourth-order valence-corrected chi connectivity index (χ4v) is 2.85. The van der Waals surface area contributed by atoms with Crippen LogP contribution in [-0.2, 0) is 17.8 Å². The molecule has 0 bridgehead atoms. The first-order valence-electron chi connectivity index (χ1n) is 8.36. The SMILES string of the molecule is CC(C)CNCc1cn(CCOC2CCCCC2C)nn1. The maximum atomic E-state index is 6.02. The van der Waals surface area contributed by atoms with E-state index in [4.69, 9.17) is 4.74 Å². The minimum Gasteiger partial charge on any atom is -0.376 e. The van der Waals surface area contributed by atoms with Crippen LogP contribution in [0.2, 0.25) is 0 Å². The lowest BCUT2D eigenvalue weighted by Crippen LogP contribution is -2.27. The lowest BCUT2D eigenvalue weighted by atomic mass is 9.88. The normalized spacial score (nSPS) is 22.9. The molecule has 1 fully saturated rings. The van der Waals surface area contributed by atoms with Gasteiger partial charge in [-0.1, -0.05) is 38.8 Å². The molecule has 120 valence electrons. The highest BCUT2D eigenvalue weighted by Gasteiger charge is 2.21. The Hall–Kier alpha value is -0.940. The molecule has 0 radical (unpaired) electrons. The van der Waals surface area contributed by atoms with Crippen molar-refractivity contribution in [3.63, 3.8) is 0 Å². The average Bonchev–Trinajstić information content (AvgIpc) is 2.88. The van der Waals surface area contributed by atoms with Gasteiger partial charge >= 0.3 is 0 Å². The number of hydrogen-bond donors (Lipinski definition) is 1. The molecule has 0 saturated heterocycles. The van der Waals surface area contributed by atoms with Crippen LogP contribution in [0.25, 0.3) is 0 Å². The zero-order valence-electron chi connectivity index (χ0n) is 13.7. The minimum absolute atomic E-state index is 0.439. The molecule has 1 N–H and O–H groups in total. The highest BCUT2D eigenvalue weighted by Crippen LogP contribution is 2.26. The van der Waals surface area contributed by atoms with Gasteiger partial charge in [-0.15, -0.1) is 5.10 Å². The lowest BCUT2D eigenvalue weighted by molar-refractivity contribution is -0.00944. The first-order valence-corrected chi connectivity index (χ1v) is 8.36. The van der Waals surface area contributed by atoms with Crippen LogP contribution in [-0.4, -0.2) is 34.2 Å². The van der Waals surface area contributed by atoms with Crippen LogP contribution < -0.4 is 5.32 Å². The molecule has 5 nitrogen and oxygen atoms in total. The highest BCUT2D eigenvalue weighted by atomic mass is 16.5. The predicted octanol–water partition coefficient (Wildman–Crippen LogP) is 2.62. The molecule has 0 aliphatic heterocycles. The Labute approximate surface area is 128 Å². The number of rotatable bonds is 8. The standard InChI is InChI=1S/C16H30N4O/c1-13(2)10-17-11-15-12-20(19-18-15)8-9-21-16-7-5-4-6-14(16)3/h12-14,16-17H,4-11H2,1-3H3. The number of aromatic nitrogens is 3. The molecule has 2 atom stereocenters. The van der Waals surface area contributed by atoms with Crippen LogP contribution in [0.1, 0.15) is 52.1 Å². The van der Waals surface area contributed by atoms with Crippen molar-refractivity contribution in [1.82, 2.24) is 20.3 Å². The predicted molar refractivity (Wildman–Crippen MR) is 83.9 cm³/mol. The van der Waals surface area contributed by atoms with E-state index in [0.29, 0.717) is 17.9 Å². The largest absolute Gasteiger partial charge is 0.376 e. The molecule has 0 aromatic carbocycles. The average molecular weight is 294 g/mol. The molecule has 1 aromatic rings. The van der Waals surface area contributed by atoms with E-state index in [1.807, 2.05) is 10.9 Å². The second kappa shape index (κ2) is 8.49. The van der Waals surface area contributed by atoms with E-state index in [0.717, 1.165) is 31.9 Å². The van der Waals surface area contributed by atoms with Crippen LogP contribution in [0.4, 0.5) is 0 Å². The third-order valence-corrected chi connectivity index (χ3v) is 4.13. The van der Waals surface area contributed by atoms with Gasteiger partial charge in [0.15, 0.2) is 0 Å². The van der Waals surface area contributed by atoms with Gasteiger partial charge < -0.3 is 10.1 Å². The van der Waals surface area contributed by atoms with Gasteiger partial charge in [-0.25, -0.2) is 4.68 Å². The third-order valence-electron chi connectivity index (χ3n) is 4.13. The summed E-state index contributed by atoms with van der Waals surface area (Å²) in [6.45, 7) is 10.0. The summed E-state index contributed by atoms with van der Waals surface area (Å²) in [6.07, 6.45) is 7.64. The second-order valence-corrected chi connectivity index (χ2v) is 6.67. The topological polar surface area (TPSA) is 52.0 Å². The monoisotopic (exact) mass is 294 g/mol. The van der Waals surface area contributed by atoms with E-state index in [2.05, 4.69) is 36.4 Å². The summed E-state index contributed by atoms with van der Waals surface area (Å²) < 4.78 is 7.91. The van der Waals surface area contributed by atoms with Gasteiger partial charge in [0.25, 0.3) is 0 Å². The van der Waals surface area contributed by atoms with E-state index in [9.17, 15) is 0 Å². The van der Waals surface area contributed by atoms with Crippen LogP contribution in [0.3, 0.4) is 0 Å². The maximum absolute atomic E-state index is 6.02. The Morgan fingerprint density at radius 1 is 1.38 bits per heavy atom. The van der Waals surface area contributed by atoms with Crippen molar-refractivity contribution >= 4 is 0 Å². The molecule has 2 unspecified atom stereocenters. The summed E-state index contributed by atoms with van der Waals surface area (Å²) in [4.78, 5) is 0. The minimum atomic E-state index is 0.439. The van der Waals surface area contributed by atoms with Gasteiger partial charge in [0.2, 0.25) is 0 Å². The third kappa shape index (κ3) is 5.75. The smallest absolute Gasteiger partial charge is 0.0964 e. The van der Waals surface area contributed by atoms with Crippen molar-refractivity contribution in [3.8, 4) is 0 Å². The molecule has 1 aromatic heterocycles. The number of nitrogens with one attached hydrogen (secondary N) is 1. The Morgan fingerprint density at radius 2 is 2.19 bits per heavy atom. The van der Waals surface area contributed by atoms with Crippen LogP contribution in [0.15, 0.2) is 6.20 Å². The number of ether oxygens (including phenoxy) is 1. The molecular weight excluding hydrogens is 264 g/mol. The summed E-state index contributed by atoms with van der Waals surface area (Å²) in [5.74, 6) is 1.36. The van der Waals surface area contributed by atoms with Gasteiger partial charge in [0.05, 0.1) is 24.9 Å². The Bertz CT molecular complexity index is 405. The Morgan fingerprint density at radius 3 is 2.95 bits per heavy atom. The van der Waals surface area contributed by atoms with Crippen LogP contribution >= 0.6 is 0 Å². The lowest BCUT2D eigenvalue weighted by Gasteiger charge is -2.28. The van der Waals surface area contributed by atoms with Crippen LogP contribution in [0, 0.1) is 11.8 Å². The number of nitrogens with zero attached hydrogens (tertiary/aromatic N) is 3. The summed E-state index contributed by atoms with van der Waals surface area (Å²) in [6, 6.07) is 0. The van der Waals surface area contributed by atoms with Crippen molar-refractivity contribution in [2.45, 2.75) is 65.6 Å². The summed E-state index contributed by atoms with van der Waals surface area (Å²) in [7, 11) is 0. The molecule has 1 heterocycles. The molecule has 0 amide bonds. The molecular formula is C16H30N4O. The second-order valence-electron chi connectivity index (χ2n) is 6.67. The molecule has 1 aliphatic rings. The molecule has 21 heavy (non-hydrogen) atoms. The van der Waals surface area contributed by atoms with Gasteiger partial charge in [-0.3, -0.25) is 0 Å². The summed E-state index contributed by atoms with van der Waals surface area (Å²) >= 11 is 0. The Balaban J connectivity index is 1.65. The first-order chi connectivity index (χ1) is 10.1. The first kappa shape index (κ1) is 16.4. The molecule has 1 aliphatic carbocycles. The zero-order valence-corrected chi connectivity index (χ0v) is 13.7. The molecule has 2 rings (SSSR count). The zero-order chi connectivity index (χ0) is 15.1. The van der Waals surface area contributed by atoms with Crippen molar-refractivity contribution in [2.75, 3.05) is 13.2 Å². The van der Waals surface area contributed by atoms with Gasteiger partial charge in [0.1, 0.15) is 0 Å². The Kier molecular flexibility index (Phi) is 6.64. The van der Waals surface area contributed by atoms with Crippen LogP contribution in [0.5, 0.6) is 0 Å². The molecule has 1 saturated carbocycles.